The molecule has 0 aliphatic carbocycles. The fourth-order valence-electron chi connectivity index (χ4n) is 2.67. The molecular formula is C22H25N5O3. The van der Waals surface area contributed by atoms with Gasteiger partial charge in [-0.1, -0.05) is 37.2 Å². The standard InChI is InChI=1S/C22H25N5O3/c1-15(2)20-26-19(30-27-20)9-6-14-23-21(28)16-10-12-18(13-11-16)25-22(29)24-17-7-4-3-5-8-17/h3-5,7-8,10-13,15H,6,9,14H2,1-2H3,(H,23,28)(H2,24,25,29). The maximum atomic E-state index is 12.3. The lowest BCUT2D eigenvalue weighted by Gasteiger charge is -2.08. The zero-order valence-corrected chi connectivity index (χ0v) is 17.0. The summed E-state index contributed by atoms with van der Waals surface area (Å²) in [6.45, 7) is 4.51. The summed E-state index contributed by atoms with van der Waals surface area (Å²) in [5.74, 6) is 1.32. The number of benzene rings is 2. The molecule has 3 rings (SSSR count). The number of rotatable bonds is 8. The lowest BCUT2D eigenvalue weighted by molar-refractivity contribution is 0.0953. The molecule has 0 saturated heterocycles. The maximum absolute atomic E-state index is 12.3. The van der Waals surface area contributed by atoms with Crippen molar-refractivity contribution in [2.45, 2.75) is 32.6 Å². The quantitative estimate of drug-likeness (QED) is 0.485. The van der Waals surface area contributed by atoms with Gasteiger partial charge in [0.15, 0.2) is 5.82 Å². The van der Waals surface area contributed by atoms with Crippen LogP contribution in [0.1, 0.15) is 48.3 Å². The Kier molecular flexibility index (Phi) is 7.15. The van der Waals surface area contributed by atoms with Gasteiger partial charge in [-0.15, -0.1) is 0 Å². The van der Waals surface area contributed by atoms with Crippen LogP contribution in [0.3, 0.4) is 0 Å². The van der Waals surface area contributed by atoms with Crippen molar-refractivity contribution in [1.29, 1.82) is 0 Å². The van der Waals surface area contributed by atoms with Crippen LogP contribution < -0.4 is 16.0 Å². The normalized spacial score (nSPS) is 10.6. The van der Waals surface area contributed by atoms with Crippen molar-refractivity contribution in [3.05, 3.63) is 71.9 Å². The molecule has 8 nitrogen and oxygen atoms in total. The first kappa shape index (κ1) is 21.0. The number of aromatic nitrogens is 2. The van der Waals surface area contributed by atoms with Crippen LogP contribution >= 0.6 is 0 Å². The molecule has 0 radical (unpaired) electrons. The lowest BCUT2D eigenvalue weighted by Crippen LogP contribution is -2.25. The first-order valence-electron chi connectivity index (χ1n) is 9.85. The molecule has 156 valence electrons. The predicted octanol–water partition coefficient (Wildman–Crippen LogP) is 4.20. The highest BCUT2D eigenvalue weighted by Crippen LogP contribution is 2.12. The minimum Gasteiger partial charge on any atom is -0.352 e. The molecule has 0 saturated carbocycles. The third kappa shape index (κ3) is 6.16. The van der Waals surface area contributed by atoms with Crippen LogP contribution in [0.15, 0.2) is 59.1 Å². The van der Waals surface area contributed by atoms with E-state index in [0.717, 1.165) is 0 Å². The van der Waals surface area contributed by atoms with Crippen molar-refractivity contribution in [1.82, 2.24) is 15.5 Å². The second kappa shape index (κ2) is 10.2. The molecule has 2 aromatic carbocycles. The van der Waals surface area contributed by atoms with E-state index in [9.17, 15) is 9.59 Å². The number of amides is 3. The Morgan fingerprint density at radius 3 is 2.27 bits per heavy atom. The number of nitrogens with one attached hydrogen (secondary N) is 3. The largest absolute Gasteiger partial charge is 0.352 e. The fourth-order valence-corrected chi connectivity index (χ4v) is 2.67. The van der Waals surface area contributed by atoms with Gasteiger partial charge in [0.2, 0.25) is 5.89 Å². The van der Waals surface area contributed by atoms with Crippen LogP contribution in [0.2, 0.25) is 0 Å². The second-order valence-corrected chi connectivity index (χ2v) is 7.08. The molecular weight excluding hydrogens is 382 g/mol. The van der Waals surface area contributed by atoms with Gasteiger partial charge in [0.1, 0.15) is 0 Å². The average Bonchev–Trinajstić information content (AvgIpc) is 3.21. The summed E-state index contributed by atoms with van der Waals surface area (Å²) in [5.41, 5.74) is 1.81. The van der Waals surface area contributed by atoms with Crippen molar-refractivity contribution in [3.63, 3.8) is 0 Å². The monoisotopic (exact) mass is 407 g/mol. The Labute approximate surface area is 175 Å². The minimum absolute atomic E-state index is 0.177. The van der Waals surface area contributed by atoms with Gasteiger partial charge in [-0.3, -0.25) is 4.79 Å². The van der Waals surface area contributed by atoms with E-state index in [0.29, 0.717) is 48.0 Å². The summed E-state index contributed by atoms with van der Waals surface area (Å²) in [6.07, 6.45) is 1.31. The van der Waals surface area contributed by atoms with E-state index in [4.69, 9.17) is 4.52 Å². The van der Waals surface area contributed by atoms with Crippen molar-refractivity contribution >= 4 is 23.3 Å². The van der Waals surface area contributed by atoms with Crippen molar-refractivity contribution < 1.29 is 14.1 Å². The predicted molar refractivity (Wildman–Crippen MR) is 115 cm³/mol. The van der Waals surface area contributed by atoms with Crippen molar-refractivity contribution in [2.75, 3.05) is 17.2 Å². The Bertz CT molecular complexity index is 968. The zero-order chi connectivity index (χ0) is 21.3. The molecule has 3 aromatic rings. The van der Waals surface area contributed by atoms with Crippen LogP contribution in [-0.4, -0.2) is 28.6 Å². The van der Waals surface area contributed by atoms with Crippen LogP contribution in [0.25, 0.3) is 0 Å². The SMILES string of the molecule is CC(C)c1noc(CCCNC(=O)c2ccc(NC(=O)Nc3ccccc3)cc2)n1. The number of aryl methyl sites for hydroxylation is 1. The van der Waals surface area contributed by atoms with Crippen LogP contribution in [0, 0.1) is 0 Å². The Morgan fingerprint density at radius 2 is 1.63 bits per heavy atom. The minimum atomic E-state index is -0.347. The Balaban J connectivity index is 1.41. The molecule has 3 amide bonds. The first-order valence-corrected chi connectivity index (χ1v) is 9.85. The first-order chi connectivity index (χ1) is 14.5. The molecule has 1 aromatic heterocycles. The molecule has 0 aliphatic heterocycles. The van der Waals surface area contributed by atoms with E-state index in [2.05, 4.69) is 26.1 Å². The molecule has 0 bridgehead atoms. The van der Waals surface area contributed by atoms with Gasteiger partial charge in [-0.05, 0) is 42.8 Å². The maximum Gasteiger partial charge on any atom is 0.323 e. The molecule has 0 aliphatic rings. The molecule has 8 heteroatoms. The van der Waals surface area contributed by atoms with E-state index < -0.39 is 0 Å². The number of carbonyl (C=O) groups is 2. The van der Waals surface area contributed by atoms with E-state index in [1.54, 1.807) is 36.4 Å². The molecule has 0 unspecified atom stereocenters. The molecule has 3 N–H and O–H groups in total. The number of anilines is 2. The number of para-hydroxylation sites is 1. The van der Waals surface area contributed by atoms with Crippen LogP contribution in [0.4, 0.5) is 16.2 Å². The van der Waals surface area contributed by atoms with E-state index in [-0.39, 0.29) is 17.9 Å². The molecule has 30 heavy (non-hydrogen) atoms. The number of hydrogen-bond acceptors (Lipinski definition) is 5. The highest BCUT2D eigenvalue weighted by Gasteiger charge is 2.10. The van der Waals surface area contributed by atoms with Gasteiger partial charge < -0.3 is 20.5 Å². The number of hydrogen-bond donors (Lipinski definition) is 3. The number of carbonyl (C=O) groups excluding carboxylic acids is 2. The summed E-state index contributed by atoms with van der Waals surface area (Å²) < 4.78 is 5.19. The second-order valence-electron chi connectivity index (χ2n) is 7.08. The summed E-state index contributed by atoms with van der Waals surface area (Å²) in [6, 6.07) is 15.5. The topological polar surface area (TPSA) is 109 Å². The summed E-state index contributed by atoms with van der Waals surface area (Å²) in [4.78, 5) is 28.6. The third-order valence-corrected chi connectivity index (χ3v) is 4.29. The highest BCUT2D eigenvalue weighted by molar-refractivity contribution is 6.00. The van der Waals surface area contributed by atoms with Gasteiger partial charge in [-0.25, -0.2) is 4.79 Å². The Morgan fingerprint density at radius 1 is 0.967 bits per heavy atom. The van der Waals surface area contributed by atoms with Crippen molar-refractivity contribution in [3.8, 4) is 0 Å². The zero-order valence-electron chi connectivity index (χ0n) is 17.0. The van der Waals surface area contributed by atoms with Crippen LogP contribution in [0.5, 0.6) is 0 Å². The number of nitrogens with zero attached hydrogens (tertiary/aromatic N) is 2. The van der Waals surface area contributed by atoms with Gasteiger partial charge in [0, 0.05) is 35.8 Å². The lowest BCUT2D eigenvalue weighted by atomic mass is 10.2. The van der Waals surface area contributed by atoms with Crippen molar-refractivity contribution in [2.24, 2.45) is 0 Å². The van der Waals surface area contributed by atoms with E-state index in [1.165, 1.54) is 0 Å². The van der Waals surface area contributed by atoms with Gasteiger partial charge in [0.05, 0.1) is 0 Å². The molecule has 0 spiro atoms. The average molecular weight is 407 g/mol. The fraction of sp³-hybridized carbons (Fsp3) is 0.273. The summed E-state index contributed by atoms with van der Waals surface area (Å²) in [5, 5.41) is 12.3. The third-order valence-electron chi connectivity index (χ3n) is 4.29. The number of urea groups is 1. The smallest absolute Gasteiger partial charge is 0.323 e. The molecule has 0 fully saturated rings. The van der Waals surface area contributed by atoms with Gasteiger partial charge >= 0.3 is 6.03 Å². The highest BCUT2D eigenvalue weighted by atomic mass is 16.5. The Hall–Kier alpha value is -3.68. The summed E-state index contributed by atoms with van der Waals surface area (Å²) >= 11 is 0. The van der Waals surface area contributed by atoms with E-state index in [1.807, 2.05) is 32.0 Å². The summed E-state index contributed by atoms with van der Waals surface area (Å²) in [7, 11) is 0. The van der Waals surface area contributed by atoms with E-state index >= 15 is 0 Å². The van der Waals surface area contributed by atoms with Crippen LogP contribution in [-0.2, 0) is 6.42 Å². The van der Waals surface area contributed by atoms with Gasteiger partial charge in [-0.2, -0.15) is 4.98 Å². The molecule has 0 atom stereocenters. The van der Waals surface area contributed by atoms with Gasteiger partial charge in [0.25, 0.3) is 5.91 Å². The molecule has 1 heterocycles.